The molecular formula is C13H19N3O4. The minimum Gasteiger partial charge on any atom is -0.481 e. The summed E-state index contributed by atoms with van der Waals surface area (Å²) in [5.41, 5.74) is -0.818. The molecule has 2 amide bonds. The van der Waals surface area contributed by atoms with Crippen molar-refractivity contribution in [3.8, 4) is 0 Å². The summed E-state index contributed by atoms with van der Waals surface area (Å²) < 4.78 is 4.85. The second-order valence-corrected chi connectivity index (χ2v) is 5.16. The first-order valence-corrected chi connectivity index (χ1v) is 6.77. The molecule has 0 spiro atoms. The van der Waals surface area contributed by atoms with Crippen LogP contribution in [0.4, 0.5) is 4.79 Å². The third-order valence-corrected chi connectivity index (χ3v) is 3.77. The first-order chi connectivity index (χ1) is 9.62. The maximum absolute atomic E-state index is 11.7. The highest BCUT2D eigenvalue weighted by atomic mass is 16.5. The van der Waals surface area contributed by atoms with Crippen molar-refractivity contribution in [2.24, 2.45) is 5.41 Å². The van der Waals surface area contributed by atoms with Crippen LogP contribution in [0.2, 0.25) is 0 Å². The van der Waals surface area contributed by atoms with Crippen LogP contribution in [0.5, 0.6) is 0 Å². The molecule has 1 aliphatic carbocycles. The Balaban J connectivity index is 1.80. The average Bonchev–Trinajstić information content (AvgIpc) is 2.97. The molecule has 0 saturated heterocycles. The van der Waals surface area contributed by atoms with Crippen molar-refractivity contribution < 1.29 is 19.2 Å². The van der Waals surface area contributed by atoms with E-state index in [4.69, 9.17) is 4.52 Å². The smallest absolute Gasteiger partial charge is 0.315 e. The van der Waals surface area contributed by atoms with E-state index >= 15 is 0 Å². The number of aromatic nitrogens is 1. The molecule has 0 radical (unpaired) electrons. The minimum atomic E-state index is -0.826. The van der Waals surface area contributed by atoms with E-state index in [9.17, 15) is 14.7 Å². The molecule has 3 N–H and O–H groups in total. The molecule has 1 aliphatic rings. The third-order valence-electron chi connectivity index (χ3n) is 3.77. The van der Waals surface area contributed by atoms with Crippen LogP contribution in [0.15, 0.2) is 16.8 Å². The van der Waals surface area contributed by atoms with Crippen molar-refractivity contribution in [2.45, 2.75) is 38.6 Å². The first kappa shape index (κ1) is 14.4. The SMILES string of the molecule is O=C(NCc1ccno1)NCC1(C(=O)O)CCCCC1. The van der Waals surface area contributed by atoms with Gasteiger partial charge in [-0.1, -0.05) is 24.4 Å². The Morgan fingerprint density at radius 3 is 2.65 bits per heavy atom. The summed E-state index contributed by atoms with van der Waals surface area (Å²) in [4.78, 5) is 23.1. The number of carboxylic acids is 1. The minimum absolute atomic E-state index is 0.157. The lowest BCUT2D eigenvalue weighted by Crippen LogP contribution is -2.47. The van der Waals surface area contributed by atoms with Crippen LogP contribution in [0.25, 0.3) is 0 Å². The van der Waals surface area contributed by atoms with Crippen molar-refractivity contribution in [3.63, 3.8) is 0 Å². The van der Waals surface area contributed by atoms with Crippen molar-refractivity contribution in [3.05, 3.63) is 18.0 Å². The van der Waals surface area contributed by atoms with E-state index in [-0.39, 0.29) is 13.1 Å². The maximum atomic E-state index is 11.7. The summed E-state index contributed by atoms with van der Waals surface area (Å²) >= 11 is 0. The summed E-state index contributed by atoms with van der Waals surface area (Å²) in [5.74, 6) is -0.279. The second kappa shape index (κ2) is 6.40. The summed E-state index contributed by atoms with van der Waals surface area (Å²) in [7, 11) is 0. The lowest BCUT2D eigenvalue weighted by molar-refractivity contribution is -0.150. The van der Waals surface area contributed by atoms with Crippen molar-refractivity contribution >= 4 is 12.0 Å². The molecule has 7 nitrogen and oxygen atoms in total. The number of urea groups is 1. The molecule has 1 aromatic heterocycles. The third kappa shape index (κ3) is 3.49. The fourth-order valence-electron chi connectivity index (χ4n) is 2.51. The molecular weight excluding hydrogens is 262 g/mol. The molecule has 7 heteroatoms. The fourth-order valence-corrected chi connectivity index (χ4v) is 2.51. The number of hydrogen-bond donors (Lipinski definition) is 3. The van der Waals surface area contributed by atoms with Gasteiger partial charge in [0, 0.05) is 12.6 Å². The van der Waals surface area contributed by atoms with Gasteiger partial charge in [-0.15, -0.1) is 0 Å². The van der Waals surface area contributed by atoms with Gasteiger partial charge in [-0.05, 0) is 12.8 Å². The van der Waals surface area contributed by atoms with Crippen molar-refractivity contribution in [1.29, 1.82) is 0 Å². The van der Waals surface area contributed by atoms with Gasteiger partial charge < -0.3 is 20.3 Å². The lowest BCUT2D eigenvalue weighted by Gasteiger charge is -2.33. The summed E-state index contributed by atoms with van der Waals surface area (Å²) in [5, 5.41) is 18.2. The lowest BCUT2D eigenvalue weighted by atomic mass is 9.74. The summed E-state index contributed by atoms with van der Waals surface area (Å²) in [6, 6.07) is 1.26. The normalized spacial score (nSPS) is 17.4. The second-order valence-electron chi connectivity index (χ2n) is 5.16. The van der Waals surface area contributed by atoms with Gasteiger partial charge in [0.15, 0.2) is 5.76 Å². The zero-order valence-corrected chi connectivity index (χ0v) is 11.2. The number of nitrogens with one attached hydrogen (secondary N) is 2. The standard InChI is InChI=1S/C13H19N3O4/c17-11(18)13(5-2-1-3-6-13)9-15-12(19)14-8-10-4-7-16-20-10/h4,7H,1-3,5-6,8-9H2,(H,17,18)(H2,14,15,19). The molecule has 1 saturated carbocycles. The van der Waals surface area contributed by atoms with Crippen LogP contribution in [-0.2, 0) is 11.3 Å². The molecule has 20 heavy (non-hydrogen) atoms. The highest BCUT2D eigenvalue weighted by Gasteiger charge is 2.39. The predicted molar refractivity (Wildman–Crippen MR) is 69.9 cm³/mol. The van der Waals surface area contributed by atoms with E-state index in [0.717, 1.165) is 19.3 Å². The van der Waals surface area contributed by atoms with Crippen LogP contribution < -0.4 is 10.6 Å². The van der Waals surface area contributed by atoms with Gasteiger partial charge >= 0.3 is 12.0 Å². The predicted octanol–water partition coefficient (Wildman–Crippen LogP) is 1.51. The number of nitrogens with zero attached hydrogens (tertiary/aromatic N) is 1. The highest BCUT2D eigenvalue weighted by Crippen LogP contribution is 2.35. The van der Waals surface area contributed by atoms with Gasteiger partial charge in [0.1, 0.15) is 0 Å². The van der Waals surface area contributed by atoms with E-state index < -0.39 is 17.4 Å². The number of carbonyl (C=O) groups is 2. The Morgan fingerprint density at radius 2 is 2.05 bits per heavy atom. The Kier molecular flexibility index (Phi) is 4.60. The van der Waals surface area contributed by atoms with Gasteiger partial charge in [0.05, 0.1) is 18.2 Å². The molecule has 0 aliphatic heterocycles. The van der Waals surface area contributed by atoms with Crippen LogP contribution in [-0.4, -0.2) is 28.8 Å². The number of carbonyl (C=O) groups excluding carboxylic acids is 1. The van der Waals surface area contributed by atoms with E-state index in [1.54, 1.807) is 6.07 Å². The number of carboxylic acid groups (broad SMARTS) is 1. The zero-order chi connectivity index (χ0) is 14.4. The molecule has 0 bridgehead atoms. The Hall–Kier alpha value is -2.05. The molecule has 1 aromatic rings. The van der Waals surface area contributed by atoms with Gasteiger partial charge in [-0.3, -0.25) is 4.79 Å². The molecule has 1 fully saturated rings. The van der Waals surface area contributed by atoms with Gasteiger partial charge in [-0.25, -0.2) is 4.79 Å². The monoisotopic (exact) mass is 281 g/mol. The Bertz CT molecular complexity index is 452. The number of rotatable bonds is 5. The molecule has 0 atom stereocenters. The summed E-state index contributed by atoms with van der Waals surface area (Å²) in [6.45, 7) is 0.385. The quantitative estimate of drug-likeness (QED) is 0.758. The molecule has 0 aromatic carbocycles. The first-order valence-electron chi connectivity index (χ1n) is 6.77. The van der Waals surface area contributed by atoms with E-state index in [1.165, 1.54) is 6.20 Å². The number of amides is 2. The average molecular weight is 281 g/mol. The zero-order valence-electron chi connectivity index (χ0n) is 11.2. The van der Waals surface area contributed by atoms with Crippen molar-refractivity contribution in [2.75, 3.05) is 6.54 Å². The highest BCUT2D eigenvalue weighted by molar-refractivity contribution is 5.78. The Morgan fingerprint density at radius 1 is 1.30 bits per heavy atom. The van der Waals surface area contributed by atoms with E-state index in [1.807, 2.05) is 0 Å². The Labute approximate surface area is 116 Å². The summed E-state index contributed by atoms with van der Waals surface area (Å²) in [6.07, 6.45) is 5.58. The molecule has 1 heterocycles. The largest absolute Gasteiger partial charge is 0.481 e. The van der Waals surface area contributed by atoms with Crippen molar-refractivity contribution in [1.82, 2.24) is 15.8 Å². The van der Waals surface area contributed by atoms with Crippen LogP contribution in [0.3, 0.4) is 0 Å². The molecule has 0 unspecified atom stereocenters. The van der Waals surface area contributed by atoms with Crippen LogP contribution >= 0.6 is 0 Å². The van der Waals surface area contributed by atoms with Gasteiger partial charge in [0.2, 0.25) is 0 Å². The molecule has 2 rings (SSSR count). The van der Waals surface area contributed by atoms with Gasteiger partial charge in [0.25, 0.3) is 0 Å². The van der Waals surface area contributed by atoms with Crippen LogP contribution in [0.1, 0.15) is 37.9 Å². The fraction of sp³-hybridized carbons (Fsp3) is 0.615. The van der Waals surface area contributed by atoms with Crippen LogP contribution in [0, 0.1) is 5.41 Å². The van der Waals surface area contributed by atoms with E-state index in [0.29, 0.717) is 18.6 Å². The topological polar surface area (TPSA) is 104 Å². The molecule has 110 valence electrons. The number of hydrogen-bond acceptors (Lipinski definition) is 4. The van der Waals surface area contributed by atoms with E-state index in [2.05, 4.69) is 15.8 Å². The van der Waals surface area contributed by atoms with Gasteiger partial charge in [-0.2, -0.15) is 0 Å². The maximum Gasteiger partial charge on any atom is 0.315 e. The number of aliphatic carboxylic acids is 1.